The van der Waals surface area contributed by atoms with E-state index in [2.05, 4.69) is 10.0 Å². The lowest BCUT2D eigenvalue weighted by atomic mass is 10.0. The quantitative estimate of drug-likeness (QED) is 0.646. The predicted molar refractivity (Wildman–Crippen MR) is 105 cm³/mol. The number of carbonyl (C=O) groups excluding carboxylic acids is 2. The van der Waals surface area contributed by atoms with Crippen LogP contribution in [-0.2, 0) is 21.2 Å². The van der Waals surface area contributed by atoms with Crippen molar-refractivity contribution in [3.63, 3.8) is 0 Å². The van der Waals surface area contributed by atoms with Crippen molar-refractivity contribution in [1.29, 1.82) is 0 Å². The van der Waals surface area contributed by atoms with Gasteiger partial charge in [0.25, 0.3) is 0 Å². The second-order valence-corrected chi connectivity index (χ2v) is 7.99. The van der Waals surface area contributed by atoms with Gasteiger partial charge in [-0.05, 0) is 42.7 Å². The van der Waals surface area contributed by atoms with Crippen LogP contribution in [0.4, 0.5) is 5.69 Å². The minimum Gasteiger partial charge on any atom is -0.326 e. The Balaban J connectivity index is 1.91. The first-order valence-electron chi connectivity index (χ1n) is 8.81. The van der Waals surface area contributed by atoms with Crippen LogP contribution in [0, 0.1) is 0 Å². The number of rotatable bonds is 9. The standard InChI is InChI=1S/C20H24N2O4S/c1-3-4-20(24)17-7-5-16(6-8-17)13-14-21-27(25,26)19-11-9-18(10-12-19)22-15(2)23/h5-12,21H,3-4,13-14H2,1-2H3,(H,22,23). The van der Waals surface area contributed by atoms with Gasteiger partial charge in [0.15, 0.2) is 5.78 Å². The monoisotopic (exact) mass is 388 g/mol. The molecule has 0 bridgehead atoms. The summed E-state index contributed by atoms with van der Waals surface area (Å²) in [6.07, 6.45) is 1.86. The highest BCUT2D eigenvalue weighted by atomic mass is 32.2. The van der Waals surface area contributed by atoms with Gasteiger partial charge < -0.3 is 5.32 Å². The van der Waals surface area contributed by atoms with E-state index >= 15 is 0 Å². The zero-order valence-electron chi connectivity index (χ0n) is 15.5. The molecule has 2 rings (SSSR count). The van der Waals surface area contributed by atoms with E-state index in [1.54, 1.807) is 24.3 Å². The van der Waals surface area contributed by atoms with E-state index in [0.29, 0.717) is 24.1 Å². The Labute approximate surface area is 160 Å². The number of carbonyl (C=O) groups is 2. The number of benzene rings is 2. The molecule has 0 aliphatic carbocycles. The molecule has 144 valence electrons. The van der Waals surface area contributed by atoms with Crippen LogP contribution in [0.1, 0.15) is 42.6 Å². The SMILES string of the molecule is CCCC(=O)c1ccc(CCNS(=O)(=O)c2ccc(NC(C)=O)cc2)cc1. The normalized spacial score (nSPS) is 11.2. The van der Waals surface area contributed by atoms with Gasteiger partial charge in [0.05, 0.1) is 4.90 Å². The minimum atomic E-state index is -3.62. The zero-order valence-corrected chi connectivity index (χ0v) is 16.3. The number of ketones is 1. The fourth-order valence-electron chi connectivity index (χ4n) is 2.56. The number of nitrogens with one attached hydrogen (secondary N) is 2. The third kappa shape index (κ3) is 6.30. The van der Waals surface area contributed by atoms with Crippen molar-refractivity contribution in [1.82, 2.24) is 4.72 Å². The lowest BCUT2D eigenvalue weighted by Crippen LogP contribution is -2.26. The van der Waals surface area contributed by atoms with Gasteiger partial charge in [-0.15, -0.1) is 0 Å². The first-order chi connectivity index (χ1) is 12.8. The highest BCUT2D eigenvalue weighted by molar-refractivity contribution is 7.89. The van der Waals surface area contributed by atoms with E-state index in [1.807, 2.05) is 19.1 Å². The minimum absolute atomic E-state index is 0.118. The number of hydrogen-bond acceptors (Lipinski definition) is 4. The molecule has 0 heterocycles. The van der Waals surface area contributed by atoms with Crippen LogP contribution in [0.5, 0.6) is 0 Å². The second-order valence-electron chi connectivity index (χ2n) is 6.22. The molecule has 0 atom stereocenters. The third-order valence-electron chi connectivity index (χ3n) is 3.94. The molecule has 0 fully saturated rings. The Morgan fingerprint density at radius 2 is 1.59 bits per heavy atom. The topological polar surface area (TPSA) is 92.3 Å². The van der Waals surface area contributed by atoms with Crippen LogP contribution in [0.3, 0.4) is 0 Å². The lowest BCUT2D eigenvalue weighted by molar-refractivity contribution is -0.114. The molecule has 7 heteroatoms. The molecule has 1 amide bonds. The number of Topliss-reactive ketones (excluding diaryl/α,β-unsaturated/α-hetero) is 1. The molecule has 0 unspecified atom stereocenters. The van der Waals surface area contributed by atoms with Gasteiger partial charge in [-0.2, -0.15) is 0 Å². The van der Waals surface area contributed by atoms with Crippen LogP contribution < -0.4 is 10.0 Å². The van der Waals surface area contributed by atoms with E-state index < -0.39 is 10.0 Å². The van der Waals surface area contributed by atoms with Crippen molar-refractivity contribution in [2.45, 2.75) is 38.0 Å². The van der Waals surface area contributed by atoms with Gasteiger partial charge in [0.2, 0.25) is 15.9 Å². The van der Waals surface area contributed by atoms with Crippen molar-refractivity contribution in [3.05, 3.63) is 59.7 Å². The Bertz CT molecular complexity index is 889. The number of anilines is 1. The maximum absolute atomic E-state index is 12.3. The Kier molecular flexibility index (Phi) is 7.27. The summed E-state index contributed by atoms with van der Waals surface area (Å²) in [5, 5.41) is 2.59. The average molecular weight is 388 g/mol. The van der Waals surface area contributed by atoms with Crippen molar-refractivity contribution >= 4 is 27.4 Å². The number of sulfonamides is 1. The third-order valence-corrected chi connectivity index (χ3v) is 5.42. The van der Waals surface area contributed by atoms with Gasteiger partial charge in [-0.25, -0.2) is 13.1 Å². The van der Waals surface area contributed by atoms with E-state index in [9.17, 15) is 18.0 Å². The summed E-state index contributed by atoms with van der Waals surface area (Å²) in [4.78, 5) is 23.0. The molecule has 0 aliphatic rings. The zero-order chi connectivity index (χ0) is 19.9. The van der Waals surface area contributed by atoms with E-state index in [0.717, 1.165) is 12.0 Å². The Morgan fingerprint density at radius 1 is 0.963 bits per heavy atom. The molecule has 0 radical (unpaired) electrons. The summed E-state index contributed by atoms with van der Waals surface area (Å²) < 4.78 is 27.2. The van der Waals surface area contributed by atoms with Crippen LogP contribution in [-0.4, -0.2) is 26.7 Å². The molecule has 27 heavy (non-hydrogen) atoms. The van der Waals surface area contributed by atoms with Crippen LogP contribution in [0.2, 0.25) is 0 Å². The van der Waals surface area contributed by atoms with Gasteiger partial charge >= 0.3 is 0 Å². The fraction of sp³-hybridized carbons (Fsp3) is 0.300. The molecule has 0 aliphatic heterocycles. The molecule has 2 aromatic rings. The molecule has 2 aromatic carbocycles. The van der Waals surface area contributed by atoms with Crippen molar-refractivity contribution in [2.24, 2.45) is 0 Å². The van der Waals surface area contributed by atoms with Crippen LogP contribution >= 0.6 is 0 Å². The summed E-state index contributed by atoms with van der Waals surface area (Å²) in [5.41, 5.74) is 2.17. The molecule has 0 aromatic heterocycles. The van der Waals surface area contributed by atoms with E-state index in [4.69, 9.17) is 0 Å². The largest absolute Gasteiger partial charge is 0.326 e. The molecule has 6 nitrogen and oxygen atoms in total. The molecule has 0 spiro atoms. The lowest BCUT2D eigenvalue weighted by Gasteiger charge is -2.08. The average Bonchev–Trinajstić information content (AvgIpc) is 2.62. The van der Waals surface area contributed by atoms with Crippen LogP contribution in [0.15, 0.2) is 53.4 Å². The predicted octanol–water partition coefficient (Wildman–Crippen LogP) is 3.15. The molecule has 2 N–H and O–H groups in total. The summed E-state index contributed by atoms with van der Waals surface area (Å²) >= 11 is 0. The summed E-state index contributed by atoms with van der Waals surface area (Å²) in [7, 11) is -3.62. The summed E-state index contributed by atoms with van der Waals surface area (Å²) in [5.74, 6) is -0.0985. The van der Waals surface area contributed by atoms with E-state index in [1.165, 1.54) is 19.1 Å². The van der Waals surface area contributed by atoms with Gasteiger partial charge in [-0.3, -0.25) is 9.59 Å². The maximum atomic E-state index is 12.3. The van der Waals surface area contributed by atoms with Gasteiger partial charge in [0, 0.05) is 31.1 Å². The highest BCUT2D eigenvalue weighted by Crippen LogP contribution is 2.14. The molecular formula is C20H24N2O4S. The van der Waals surface area contributed by atoms with Gasteiger partial charge in [0.1, 0.15) is 0 Å². The first-order valence-corrected chi connectivity index (χ1v) is 10.3. The second kappa shape index (κ2) is 9.43. The van der Waals surface area contributed by atoms with Crippen molar-refractivity contribution in [3.8, 4) is 0 Å². The smallest absolute Gasteiger partial charge is 0.240 e. The number of amides is 1. The molecule has 0 saturated carbocycles. The summed E-state index contributed by atoms with van der Waals surface area (Å²) in [6.45, 7) is 3.60. The highest BCUT2D eigenvalue weighted by Gasteiger charge is 2.13. The summed E-state index contributed by atoms with van der Waals surface area (Å²) in [6, 6.07) is 13.2. The van der Waals surface area contributed by atoms with Crippen molar-refractivity contribution in [2.75, 3.05) is 11.9 Å². The Morgan fingerprint density at radius 3 is 2.15 bits per heavy atom. The first kappa shape index (κ1) is 20.8. The van der Waals surface area contributed by atoms with E-state index in [-0.39, 0.29) is 23.1 Å². The maximum Gasteiger partial charge on any atom is 0.240 e. The Hall–Kier alpha value is -2.51. The van der Waals surface area contributed by atoms with Crippen molar-refractivity contribution < 1.29 is 18.0 Å². The molecular weight excluding hydrogens is 364 g/mol. The number of hydrogen-bond donors (Lipinski definition) is 2. The molecule has 0 saturated heterocycles. The van der Waals surface area contributed by atoms with Crippen LogP contribution in [0.25, 0.3) is 0 Å². The fourth-order valence-corrected chi connectivity index (χ4v) is 3.59. The van der Waals surface area contributed by atoms with Gasteiger partial charge in [-0.1, -0.05) is 31.2 Å².